The number of hydrogen-bond acceptors (Lipinski definition) is 3. The molecule has 1 heterocycles. The number of methoxy groups -OCH3 is 1. The third-order valence-electron chi connectivity index (χ3n) is 4.94. The first-order valence-electron chi connectivity index (χ1n) is 9.15. The molecule has 3 aromatic rings. The number of nitrogens with zero attached hydrogens (tertiary/aromatic N) is 1. The molecule has 1 aliphatic rings. The quantitative estimate of drug-likeness (QED) is 0.631. The zero-order valence-electron chi connectivity index (χ0n) is 15.6. The average molecular weight is 365 g/mol. The van der Waals surface area contributed by atoms with Gasteiger partial charge in [0, 0.05) is 16.7 Å². The van der Waals surface area contributed by atoms with Crippen molar-refractivity contribution in [1.82, 2.24) is 0 Å². The Hall–Kier alpha value is -3.53. The summed E-state index contributed by atoms with van der Waals surface area (Å²) >= 11 is 0. The molecule has 0 N–H and O–H groups in total. The highest BCUT2D eigenvalue weighted by molar-refractivity contribution is 5.53. The third kappa shape index (κ3) is 3.25. The fourth-order valence-corrected chi connectivity index (χ4v) is 3.56. The van der Waals surface area contributed by atoms with Crippen molar-refractivity contribution in [2.45, 2.75) is 12.0 Å². The highest BCUT2D eigenvalue weighted by Gasteiger charge is 2.38. The van der Waals surface area contributed by atoms with E-state index < -0.39 is 5.60 Å². The highest BCUT2D eigenvalue weighted by atomic mass is 16.5. The van der Waals surface area contributed by atoms with E-state index in [0.29, 0.717) is 12.2 Å². The normalized spacial score (nSPS) is 17.6. The van der Waals surface area contributed by atoms with Crippen molar-refractivity contribution in [1.29, 1.82) is 5.26 Å². The molecule has 0 radical (unpaired) electrons. The summed E-state index contributed by atoms with van der Waals surface area (Å²) < 4.78 is 11.8. The standard InChI is InChI=1S/C25H19NO2/c1-27-23-10-5-9-22(17-23)25(14-12-19-6-4-7-20(16-19)18-26)24-11-3-2-8-21(24)13-15-28-25/h2-11,16-17H,13,15H2,1H3/t25-/m1/s1. The lowest BCUT2D eigenvalue weighted by Gasteiger charge is -2.35. The van der Waals surface area contributed by atoms with Gasteiger partial charge in [-0.3, -0.25) is 0 Å². The van der Waals surface area contributed by atoms with Gasteiger partial charge in [-0.1, -0.05) is 54.3 Å². The van der Waals surface area contributed by atoms with E-state index in [4.69, 9.17) is 14.7 Å². The molecular weight excluding hydrogens is 346 g/mol. The van der Waals surface area contributed by atoms with E-state index in [0.717, 1.165) is 28.9 Å². The summed E-state index contributed by atoms with van der Waals surface area (Å²) in [5.74, 6) is 7.39. The van der Waals surface area contributed by atoms with Crippen molar-refractivity contribution in [3.05, 3.63) is 101 Å². The monoisotopic (exact) mass is 365 g/mol. The van der Waals surface area contributed by atoms with Gasteiger partial charge in [0.1, 0.15) is 5.75 Å². The van der Waals surface area contributed by atoms with Gasteiger partial charge in [0.15, 0.2) is 5.60 Å². The topological polar surface area (TPSA) is 42.2 Å². The van der Waals surface area contributed by atoms with Crippen LogP contribution in [0, 0.1) is 23.2 Å². The van der Waals surface area contributed by atoms with E-state index in [1.165, 1.54) is 5.56 Å². The molecule has 0 aliphatic carbocycles. The van der Waals surface area contributed by atoms with Gasteiger partial charge in [-0.2, -0.15) is 5.26 Å². The first-order valence-corrected chi connectivity index (χ1v) is 9.15. The van der Waals surface area contributed by atoms with Crippen LogP contribution >= 0.6 is 0 Å². The molecule has 0 unspecified atom stereocenters. The number of hydrogen-bond donors (Lipinski definition) is 0. The SMILES string of the molecule is COc1cccc([C@@]2(C#Cc3cccc(C#N)c3)OCCc3ccccc32)c1. The van der Waals surface area contributed by atoms with Crippen LogP contribution in [0.5, 0.6) is 5.75 Å². The van der Waals surface area contributed by atoms with Crippen molar-refractivity contribution in [3.8, 4) is 23.7 Å². The summed E-state index contributed by atoms with van der Waals surface area (Å²) in [6.07, 6.45) is 0.855. The molecular formula is C25H19NO2. The predicted octanol–water partition coefficient (Wildman–Crippen LogP) is 4.43. The van der Waals surface area contributed by atoms with Gasteiger partial charge >= 0.3 is 0 Å². The molecule has 0 fully saturated rings. The van der Waals surface area contributed by atoms with Gasteiger partial charge in [-0.25, -0.2) is 0 Å². The van der Waals surface area contributed by atoms with E-state index in [-0.39, 0.29) is 0 Å². The summed E-state index contributed by atoms with van der Waals surface area (Å²) in [6, 6.07) is 25.6. The Kier molecular flexibility index (Phi) is 4.85. The van der Waals surface area contributed by atoms with Crippen LogP contribution in [0.3, 0.4) is 0 Å². The molecule has 0 saturated carbocycles. The van der Waals surface area contributed by atoms with E-state index in [2.05, 4.69) is 30.0 Å². The number of rotatable bonds is 2. The molecule has 0 amide bonds. The fourth-order valence-electron chi connectivity index (χ4n) is 3.56. The summed E-state index contributed by atoms with van der Waals surface area (Å²) in [4.78, 5) is 0. The van der Waals surface area contributed by atoms with E-state index in [9.17, 15) is 0 Å². The van der Waals surface area contributed by atoms with Crippen molar-refractivity contribution in [3.63, 3.8) is 0 Å². The maximum atomic E-state index is 9.16. The van der Waals surface area contributed by atoms with Crippen LogP contribution in [0.25, 0.3) is 0 Å². The lowest BCUT2D eigenvalue weighted by atomic mass is 9.81. The lowest BCUT2D eigenvalue weighted by Crippen LogP contribution is -2.35. The minimum absolute atomic E-state index is 0.584. The van der Waals surface area contributed by atoms with Gasteiger partial charge in [0.05, 0.1) is 25.3 Å². The molecule has 3 heteroatoms. The fraction of sp³-hybridized carbons (Fsp3) is 0.160. The van der Waals surface area contributed by atoms with Crippen LogP contribution in [0.4, 0.5) is 0 Å². The summed E-state index contributed by atoms with van der Waals surface area (Å²) in [7, 11) is 1.65. The molecule has 3 nitrogen and oxygen atoms in total. The van der Waals surface area contributed by atoms with Crippen molar-refractivity contribution in [2.24, 2.45) is 0 Å². The molecule has 1 aliphatic heterocycles. The molecule has 28 heavy (non-hydrogen) atoms. The zero-order valence-corrected chi connectivity index (χ0v) is 15.6. The van der Waals surface area contributed by atoms with Gasteiger partial charge in [0.25, 0.3) is 0 Å². The zero-order chi connectivity index (χ0) is 19.4. The van der Waals surface area contributed by atoms with Crippen LogP contribution in [-0.2, 0) is 16.8 Å². The number of benzene rings is 3. The Bertz CT molecular complexity index is 1120. The smallest absolute Gasteiger partial charge is 0.180 e. The number of nitriles is 1. The van der Waals surface area contributed by atoms with Gasteiger partial charge in [-0.15, -0.1) is 0 Å². The lowest BCUT2D eigenvalue weighted by molar-refractivity contribution is 0.0160. The Labute approximate surface area is 165 Å². The maximum absolute atomic E-state index is 9.16. The van der Waals surface area contributed by atoms with Crippen LogP contribution in [0.1, 0.15) is 27.8 Å². The molecule has 3 aromatic carbocycles. The van der Waals surface area contributed by atoms with Crippen molar-refractivity contribution in [2.75, 3.05) is 13.7 Å². The highest BCUT2D eigenvalue weighted by Crippen LogP contribution is 2.39. The predicted molar refractivity (Wildman–Crippen MR) is 108 cm³/mol. The summed E-state index contributed by atoms with van der Waals surface area (Å²) in [5, 5.41) is 9.16. The van der Waals surface area contributed by atoms with E-state index in [1.54, 1.807) is 19.2 Å². The Morgan fingerprint density at radius 3 is 2.64 bits per heavy atom. The number of ether oxygens (including phenoxy) is 2. The Balaban J connectivity index is 1.91. The van der Waals surface area contributed by atoms with Gasteiger partial charge in [-0.05, 0) is 42.3 Å². The second-order valence-electron chi connectivity index (χ2n) is 6.61. The van der Waals surface area contributed by atoms with Crippen LogP contribution in [0.15, 0.2) is 72.8 Å². The minimum Gasteiger partial charge on any atom is -0.497 e. The summed E-state index contributed by atoms with van der Waals surface area (Å²) in [6.45, 7) is 0.584. The molecule has 0 bridgehead atoms. The van der Waals surface area contributed by atoms with Gasteiger partial charge in [0.2, 0.25) is 0 Å². The Morgan fingerprint density at radius 1 is 0.964 bits per heavy atom. The molecule has 0 spiro atoms. The van der Waals surface area contributed by atoms with Crippen LogP contribution in [0.2, 0.25) is 0 Å². The van der Waals surface area contributed by atoms with E-state index in [1.807, 2.05) is 48.5 Å². The number of fused-ring (bicyclic) bond motifs is 1. The second-order valence-corrected chi connectivity index (χ2v) is 6.61. The average Bonchev–Trinajstić information content (AvgIpc) is 2.78. The largest absolute Gasteiger partial charge is 0.497 e. The van der Waals surface area contributed by atoms with Crippen LogP contribution in [-0.4, -0.2) is 13.7 Å². The first kappa shape index (κ1) is 17.9. The third-order valence-corrected chi connectivity index (χ3v) is 4.94. The van der Waals surface area contributed by atoms with E-state index >= 15 is 0 Å². The molecule has 4 rings (SSSR count). The van der Waals surface area contributed by atoms with Gasteiger partial charge < -0.3 is 9.47 Å². The van der Waals surface area contributed by atoms with Crippen LogP contribution < -0.4 is 4.74 Å². The molecule has 0 aromatic heterocycles. The second kappa shape index (κ2) is 7.61. The minimum atomic E-state index is -0.883. The van der Waals surface area contributed by atoms with Crippen molar-refractivity contribution >= 4 is 0 Å². The van der Waals surface area contributed by atoms with Crippen molar-refractivity contribution < 1.29 is 9.47 Å². The molecule has 1 atom stereocenters. The first-order chi connectivity index (χ1) is 13.7. The maximum Gasteiger partial charge on any atom is 0.180 e. The summed E-state index contributed by atoms with van der Waals surface area (Å²) in [5.41, 5.74) is 3.71. The molecule has 136 valence electrons. The Morgan fingerprint density at radius 2 is 1.79 bits per heavy atom. The molecule has 0 saturated heterocycles.